The van der Waals surface area contributed by atoms with Gasteiger partial charge in [-0.2, -0.15) is 5.10 Å². The maximum absolute atomic E-state index is 12.7. The summed E-state index contributed by atoms with van der Waals surface area (Å²) in [5.41, 5.74) is 1.36. The topological polar surface area (TPSA) is 67.2 Å². The molecule has 0 saturated carbocycles. The average Bonchev–Trinajstić information content (AvgIpc) is 3.15. The van der Waals surface area contributed by atoms with Crippen LogP contribution in [-0.2, 0) is 9.59 Å². The van der Waals surface area contributed by atoms with Crippen molar-refractivity contribution in [2.45, 2.75) is 26.2 Å². The lowest BCUT2D eigenvalue weighted by Crippen LogP contribution is -2.43. The first-order valence-corrected chi connectivity index (χ1v) is 8.84. The van der Waals surface area contributed by atoms with Gasteiger partial charge in [-0.05, 0) is 37.1 Å². The number of nitrogens with one attached hydrogen (secondary N) is 1. The summed E-state index contributed by atoms with van der Waals surface area (Å²) in [7, 11) is 0. The van der Waals surface area contributed by atoms with E-state index in [9.17, 15) is 9.59 Å². The van der Waals surface area contributed by atoms with E-state index in [0.29, 0.717) is 23.7 Å². The van der Waals surface area contributed by atoms with E-state index < -0.39 is 0 Å². The fourth-order valence-electron chi connectivity index (χ4n) is 3.10. The molecule has 1 aliphatic heterocycles. The lowest BCUT2D eigenvalue weighted by molar-refractivity contribution is -0.134. The van der Waals surface area contributed by atoms with Gasteiger partial charge in [-0.25, -0.2) is 4.68 Å². The zero-order valence-corrected chi connectivity index (χ0v) is 14.9. The van der Waals surface area contributed by atoms with Crippen molar-refractivity contribution in [2.24, 2.45) is 5.92 Å². The number of likely N-dealkylation sites (tertiary alicyclic amines) is 1. The lowest BCUT2D eigenvalue weighted by atomic mass is 9.96. The van der Waals surface area contributed by atoms with Crippen LogP contribution in [0, 0.1) is 5.92 Å². The predicted molar refractivity (Wildman–Crippen MR) is 96.8 cm³/mol. The van der Waals surface area contributed by atoms with Gasteiger partial charge >= 0.3 is 0 Å². The van der Waals surface area contributed by atoms with Crippen molar-refractivity contribution in [1.82, 2.24) is 14.7 Å². The summed E-state index contributed by atoms with van der Waals surface area (Å²) in [6, 6.07) is 7.11. The van der Waals surface area contributed by atoms with Crippen LogP contribution in [0.3, 0.4) is 0 Å². The van der Waals surface area contributed by atoms with Crippen LogP contribution >= 0.6 is 11.6 Å². The molecule has 1 unspecified atom stereocenters. The molecule has 1 saturated heterocycles. The highest BCUT2D eigenvalue weighted by atomic mass is 35.5. The molecular weight excluding hydrogens is 340 g/mol. The molecule has 2 amide bonds. The van der Waals surface area contributed by atoms with Gasteiger partial charge in [0, 0.05) is 36.9 Å². The molecule has 0 radical (unpaired) electrons. The Morgan fingerprint density at radius 3 is 2.96 bits per heavy atom. The molecule has 1 aliphatic rings. The molecule has 1 atom stereocenters. The highest BCUT2D eigenvalue weighted by Gasteiger charge is 2.28. The number of hydrogen-bond donors (Lipinski definition) is 1. The van der Waals surface area contributed by atoms with Crippen LogP contribution in [-0.4, -0.2) is 39.6 Å². The zero-order chi connectivity index (χ0) is 17.8. The number of benzene rings is 1. The van der Waals surface area contributed by atoms with E-state index in [1.165, 1.54) is 0 Å². The summed E-state index contributed by atoms with van der Waals surface area (Å²) >= 11 is 6.10. The largest absolute Gasteiger partial charge is 0.342 e. The minimum Gasteiger partial charge on any atom is -0.342 e. The van der Waals surface area contributed by atoms with Crippen molar-refractivity contribution in [3.8, 4) is 5.69 Å². The summed E-state index contributed by atoms with van der Waals surface area (Å²) in [4.78, 5) is 26.4. The first kappa shape index (κ1) is 17.5. The summed E-state index contributed by atoms with van der Waals surface area (Å²) in [6.45, 7) is 3.04. The maximum Gasteiger partial charge on any atom is 0.229 e. The number of amides is 2. The van der Waals surface area contributed by atoms with E-state index in [2.05, 4.69) is 10.4 Å². The number of piperidine rings is 1. The van der Waals surface area contributed by atoms with Gasteiger partial charge in [0.15, 0.2) is 0 Å². The third-order valence-electron chi connectivity index (χ3n) is 4.42. The summed E-state index contributed by atoms with van der Waals surface area (Å²) in [5.74, 6) is -0.213. The Bertz CT molecular complexity index is 760. The van der Waals surface area contributed by atoms with Crippen molar-refractivity contribution in [3.05, 3.63) is 41.7 Å². The molecule has 0 spiro atoms. The van der Waals surface area contributed by atoms with E-state index in [4.69, 9.17) is 11.6 Å². The van der Waals surface area contributed by atoms with Crippen molar-refractivity contribution >= 4 is 29.1 Å². The molecular formula is C18H21ClN4O2. The Labute approximate surface area is 151 Å². The Kier molecular flexibility index (Phi) is 5.38. The van der Waals surface area contributed by atoms with Crippen LogP contribution in [0.2, 0.25) is 5.02 Å². The number of carbonyl (C=O) groups excluding carboxylic acids is 2. The normalized spacial score (nSPS) is 17.4. The molecule has 25 heavy (non-hydrogen) atoms. The van der Waals surface area contributed by atoms with Crippen molar-refractivity contribution < 1.29 is 9.59 Å². The number of halogens is 1. The van der Waals surface area contributed by atoms with Gasteiger partial charge in [-0.1, -0.05) is 18.5 Å². The number of hydrogen-bond acceptors (Lipinski definition) is 3. The van der Waals surface area contributed by atoms with Gasteiger partial charge < -0.3 is 10.2 Å². The molecule has 3 rings (SSSR count). The fourth-order valence-corrected chi connectivity index (χ4v) is 3.27. The molecule has 132 valence electrons. The van der Waals surface area contributed by atoms with Gasteiger partial charge in [-0.15, -0.1) is 0 Å². The molecule has 1 aromatic heterocycles. The summed E-state index contributed by atoms with van der Waals surface area (Å²) in [5, 5.41) is 7.72. The van der Waals surface area contributed by atoms with Crippen LogP contribution in [0.25, 0.3) is 5.69 Å². The van der Waals surface area contributed by atoms with Crippen LogP contribution in [0.1, 0.15) is 26.2 Å². The number of carbonyl (C=O) groups is 2. The predicted octanol–water partition coefficient (Wildman–Crippen LogP) is 3.11. The molecule has 7 heteroatoms. The molecule has 0 aliphatic carbocycles. The number of rotatable bonds is 4. The monoisotopic (exact) mass is 360 g/mol. The molecule has 0 bridgehead atoms. The quantitative estimate of drug-likeness (QED) is 0.910. The fraction of sp³-hybridized carbons (Fsp3) is 0.389. The minimum atomic E-state index is -0.214. The molecule has 1 N–H and O–H groups in total. The Morgan fingerprint density at radius 1 is 1.40 bits per heavy atom. The van der Waals surface area contributed by atoms with Crippen LogP contribution in [0.5, 0.6) is 0 Å². The molecule has 6 nitrogen and oxygen atoms in total. The minimum absolute atomic E-state index is 0.0933. The third-order valence-corrected chi connectivity index (χ3v) is 4.65. The van der Waals surface area contributed by atoms with Gasteiger partial charge in [-0.3, -0.25) is 9.59 Å². The van der Waals surface area contributed by atoms with E-state index in [1.54, 1.807) is 34.1 Å². The van der Waals surface area contributed by atoms with Crippen LogP contribution in [0.15, 0.2) is 36.7 Å². The van der Waals surface area contributed by atoms with Gasteiger partial charge in [0.1, 0.15) is 0 Å². The smallest absolute Gasteiger partial charge is 0.229 e. The van der Waals surface area contributed by atoms with Crippen LogP contribution < -0.4 is 5.32 Å². The first-order valence-electron chi connectivity index (χ1n) is 8.46. The highest BCUT2D eigenvalue weighted by molar-refractivity contribution is 6.31. The van der Waals surface area contributed by atoms with Gasteiger partial charge in [0.2, 0.25) is 11.8 Å². The molecule has 2 heterocycles. The van der Waals surface area contributed by atoms with E-state index in [0.717, 1.165) is 25.1 Å². The van der Waals surface area contributed by atoms with E-state index >= 15 is 0 Å². The number of nitrogens with zero attached hydrogens (tertiary/aromatic N) is 3. The molecule has 2 aromatic rings. The molecule has 1 aromatic carbocycles. The third kappa shape index (κ3) is 4.02. The maximum atomic E-state index is 12.7. The van der Waals surface area contributed by atoms with Crippen molar-refractivity contribution in [3.63, 3.8) is 0 Å². The van der Waals surface area contributed by atoms with E-state index in [-0.39, 0.29) is 17.7 Å². The highest BCUT2D eigenvalue weighted by Crippen LogP contribution is 2.26. The summed E-state index contributed by atoms with van der Waals surface area (Å²) in [6.07, 6.45) is 5.56. The number of anilines is 1. The van der Waals surface area contributed by atoms with Gasteiger partial charge in [0.25, 0.3) is 0 Å². The summed E-state index contributed by atoms with van der Waals surface area (Å²) < 4.78 is 1.68. The zero-order valence-electron chi connectivity index (χ0n) is 14.1. The Hall–Kier alpha value is -2.34. The first-order chi connectivity index (χ1) is 12.1. The second-order valence-electron chi connectivity index (χ2n) is 6.13. The van der Waals surface area contributed by atoms with Crippen molar-refractivity contribution in [1.29, 1.82) is 0 Å². The average molecular weight is 361 g/mol. The second-order valence-corrected chi connectivity index (χ2v) is 6.57. The second kappa shape index (κ2) is 7.70. The Morgan fingerprint density at radius 2 is 2.24 bits per heavy atom. The Balaban J connectivity index is 1.77. The molecule has 1 fully saturated rings. The number of aromatic nitrogens is 2. The standard InChI is InChI=1S/C18H21ClN4O2/c1-2-17(24)22-9-3-5-13(12-22)18(25)21-15-11-14(19)6-7-16(15)23-10-4-8-20-23/h4,6-8,10-11,13H,2-3,5,9,12H2,1H3,(H,21,25). The SMILES string of the molecule is CCC(=O)N1CCCC(C(=O)Nc2cc(Cl)ccc2-n2cccn2)C1. The lowest BCUT2D eigenvalue weighted by Gasteiger charge is -2.32. The van der Waals surface area contributed by atoms with E-state index in [1.807, 2.05) is 19.1 Å². The van der Waals surface area contributed by atoms with Crippen LogP contribution in [0.4, 0.5) is 5.69 Å². The van der Waals surface area contributed by atoms with Gasteiger partial charge in [0.05, 0.1) is 17.3 Å². The van der Waals surface area contributed by atoms with Crippen molar-refractivity contribution in [2.75, 3.05) is 18.4 Å².